The first-order chi connectivity index (χ1) is 9.49. The van der Waals surface area contributed by atoms with Crippen molar-refractivity contribution in [3.8, 4) is 0 Å². The molecule has 0 saturated carbocycles. The first-order valence-electron chi connectivity index (χ1n) is 7.68. The predicted octanol–water partition coefficient (Wildman–Crippen LogP) is 3.03. The van der Waals surface area contributed by atoms with Crippen molar-refractivity contribution in [1.29, 1.82) is 0 Å². The third-order valence-electron chi connectivity index (χ3n) is 3.84. The zero-order chi connectivity index (χ0) is 15.1. The van der Waals surface area contributed by atoms with Gasteiger partial charge < -0.3 is 14.8 Å². The molecule has 0 saturated heterocycles. The third kappa shape index (κ3) is 4.82. The van der Waals surface area contributed by atoms with E-state index in [0.717, 1.165) is 37.0 Å². The molecule has 0 spiro atoms. The molecule has 1 N–H and O–H groups in total. The molecule has 0 aromatic heterocycles. The van der Waals surface area contributed by atoms with Gasteiger partial charge in [0.1, 0.15) is 0 Å². The molecule has 0 bridgehead atoms. The number of carbonyl (C=O) groups excluding carboxylic acids is 1. The summed E-state index contributed by atoms with van der Waals surface area (Å²) in [5.74, 6) is 0.339. The van der Waals surface area contributed by atoms with E-state index in [2.05, 4.69) is 19.2 Å². The molecule has 0 radical (unpaired) electrons. The number of esters is 1. The Hall–Kier alpha value is -1.03. The van der Waals surface area contributed by atoms with Gasteiger partial charge >= 0.3 is 5.97 Å². The van der Waals surface area contributed by atoms with E-state index in [1.807, 2.05) is 13.8 Å². The van der Waals surface area contributed by atoms with Crippen LogP contribution in [-0.2, 0) is 14.3 Å². The number of nitrogens with one attached hydrogen (secondary N) is 1. The molecule has 20 heavy (non-hydrogen) atoms. The summed E-state index contributed by atoms with van der Waals surface area (Å²) in [6.45, 7) is 8.80. The van der Waals surface area contributed by atoms with Gasteiger partial charge in [-0.05, 0) is 39.0 Å². The van der Waals surface area contributed by atoms with Crippen LogP contribution in [0.5, 0.6) is 0 Å². The molecule has 1 aliphatic carbocycles. The van der Waals surface area contributed by atoms with Crippen LogP contribution in [-0.4, -0.2) is 31.8 Å². The van der Waals surface area contributed by atoms with Gasteiger partial charge in [-0.3, -0.25) is 0 Å². The van der Waals surface area contributed by atoms with Gasteiger partial charge in [-0.2, -0.15) is 0 Å². The standard InChI is InChI=1S/C16H29NO3/c1-6-12(4)15(10-19-5)17-14-9-7-8-13(14)16(18)20-11(2)3/h11-12,15,17H,6-10H2,1-5H3/t12?,15-/m1/s1. The second-order valence-electron chi connectivity index (χ2n) is 5.86. The molecular weight excluding hydrogens is 254 g/mol. The summed E-state index contributed by atoms with van der Waals surface area (Å²) < 4.78 is 10.6. The van der Waals surface area contributed by atoms with Crippen LogP contribution >= 0.6 is 0 Å². The lowest BCUT2D eigenvalue weighted by Crippen LogP contribution is -2.38. The Bertz CT molecular complexity index is 350. The zero-order valence-corrected chi connectivity index (χ0v) is 13.5. The Kier molecular flexibility index (Phi) is 7.06. The van der Waals surface area contributed by atoms with Gasteiger partial charge in [0.2, 0.25) is 0 Å². The van der Waals surface area contributed by atoms with Gasteiger partial charge in [-0.25, -0.2) is 4.79 Å². The lowest BCUT2D eigenvalue weighted by atomic mass is 9.99. The highest BCUT2D eigenvalue weighted by molar-refractivity contribution is 5.89. The maximum Gasteiger partial charge on any atom is 0.336 e. The zero-order valence-electron chi connectivity index (χ0n) is 13.5. The topological polar surface area (TPSA) is 47.6 Å². The van der Waals surface area contributed by atoms with Crippen LogP contribution in [0.4, 0.5) is 0 Å². The summed E-state index contributed by atoms with van der Waals surface area (Å²) in [6.07, 6.45) is 3.78. The number of rotatable bonds is 8. The maximum atomic E-state index is 12.1. The second-order valence-corrected chi connectivity index (χ2v) is 5.86. The highest BCUT2D eigenvalue weighted by Crippen LogP contribution is 2.27. The highest BCUT2D eigenvalue weighted by atomic mass is 16.5. The van der Waals surface area contributed by atoms with Crippen molar-refractivity contribution in [3.63, 3.8) is 0 Å². The van der Waals surface area contributed by atoms with Crippen LogP contribution < -0.4 is 5.32 Å². The lowest BCUT2D eigenvalue weighted by molar-refractivity contribution is -0.142. The molecule has 0 amide bonds. The molecule has 116 valence electrons. The smallest absolute Gasteiger partial charge is 0.336 e. The summed E-state index contributed by atoms with van der Waals surface area (Å²) in [4.78, 5) is 12.1. The predicted molar refractivity (Wildman–Crippen MR) is 80.4 cm³/mol. The van der Waals surface area contributed by atoms with Crippen LogP contribution in [0.25, 0.3) is 0 Å². The molecule has 1 rings (SSSR count). The van der Waals surface area contributed by atoms with E-state index in [9.17, 15) is 4.79 Å². The van der Waals surface area contributed by atoms with Crippen LogP contribution in [0, 0.1) is 5.92 Å². The number of ether oxygens (including phenoxy) is 2. The molecule has 1 unspecified atom stereocenters. The molecule has 1 aliphatic rings. The van der Waals surface area contributed by atoms with Crippen molar-refractivity contribution in [3.05, 3.63) is 11.3 Å². The molecule has 0 aliphatic heterocycles. The Balaban J connectivity index is 2.77. The van der Waals surface area contributed by atoms with E-state index in [0.29, 0.717) is 12.5 Å². The Morgan fingerprint density at radius 3 is 2.55 bits per heavy atom. The lowest BCUT2D eigenvalue weighted by Gasteiger charge is -2.26. The Labute approximate surface area is 122 Å². The summed E-state index contributed by atoms with van der Waals surface area (Å²) in [5.41, 5.74) is 1.88. The van der Waals surface area contributed by atoms with Gasteiger partial charge in [-0.15, -0.1) is 0 Å². The van der Waals surface area contributed by atoms with E-state index in [-0.39, 0.29) is 18.1 Å². The van der Waals surface area contributed by atoms with Crippen molar-refractivity contribution < 1.29 is 14.3 Å². The summed E-state index contributed by atoms with van der Waals surface area (Å²) >= 11 is 0. The molecule has 0 heterocycles. The molecule has 4 nitrogen and oxygen atoms in total. The minimum Gasteiger partial charge on any atom is -0.460 e. The average molecular weight is 283 g/mol. The highest BCUT2D eigenvalue weighted by Gasteiger charge is 2.26. The average Bonchev–Trinajstić information content (AvgIpc) is 2.84. The minimum absolute atomic E-state index is 0.0683. The molecular formula is C16H29NO3. The molecule has 2 atom stereocenters. The van der Waals surface area contributed by atoms with Crippen LogP contribution in [0.15, 0.2) is 11.3 Å². The SMILES string of the molecule is CCC(C)[C@@H](COC)NC1=C(C(=O)OC(C)C)CCC1. The van der Waals surface area contributed by atoms with Gasteiger partial charge in [0.25, 0.3) is 0 Å². The van der Waals surface area contributed by atoms with Crippen molar-refractivity contribution in [2.45, 2.75) is 65.5 Å². The van der Waals surface area contributed by atoms with Gasteiger partial charge in [0.15, 0.2) is 0 Å². The van der Waals surface area contributed by atoms with Crippen molar-refractivity contribution >= 4 is 5.97 Å². The van der Waals surface area contributed by atoms with Crippen LogP contribution in [0.2, 0.25) is 0 Å². The molecule has 0 aromatic rings. The Morgan fingerprint density at radius 1 is 1.30 bits per heavy atom. The number of allylic oxidation sites excluding steroid dienone is 1. The molecule has 0 aromatic carbocycles. The second kappa shape index (κ2) is 8.30. The first-order valence-corrected chi connectivity index (χ1v) is 7.68. The van der Waals surface area contributed by atoms with Gasteiger partial charge in [0.05, 0.1) is 24.3 Å². The number of carbonyl (C=O) groups is 1. The summed E-state index contributed by atoms with van der Waals surface area (Å²) in [6, 6.07) is 0.250. The minimum atomic E-state index is -0.166. The number of hydrogen-bond acceptors (Lipinski definition) is 4. The van der Waals surface area contributed by atoms with E-state index in [1.54, 1.807) is 7.11 Å². The molecule has 0 fully saturated rings. The first kappa shape index (κ1) is 17.0. The van der Waals surface area contributed by atoms with E-state index in [4.69, 9.17) is 9.47 Å². The Morgan fingerprint density at radius 2 is 2.00 bits per heavy atom. The van der Waals surface area contributed by atoms with Crippen molar-refractivity contribution in [2.75, 3.05) is 13.7 Å². The van der Waals surface area contributed by atoms with Crippen LogP contribution in [0.1, 0.15) is 53.4 Å². The van der Waals surface area contributed by atoms with Gasteiger partial charge in [0, 0.05) is 12.8 Å². The summed E-state index contributed by atoms with van der Waals surface area (Å²) in [7, 11) is 1.72. The quantitative estimate of drug-likeness (QED) is 0.696. The molecule has 4 heteroatoms. The fourth-order valence-electron chi connectivity index (χ4n) is 2.45. The van der Waals surface area contributed by atoms with E-state index in [1.165, 1.54) is 0 Å². The van der Waals surface area contributed by atoms with E-state index < -0.39 is 0 Å². The maximum absolute atomic E-state index is 12.1. The monoisotopic (exact) mass is 283 g/mol. The van der Waals surface area contributed by atoms with Crippen molar-refractivity contribution in [1.82, 2.24) is 5.32 Å². The van der Waals surface area contributed by atoms with E-state index >= 15 is 0 Å². The fraction of sp³-hybridized carbons (Fsp3) is 0.812. The van der Waals surface area contributed by atoms with Crippen LogP contribution in [0.3, 0.4) is 0 Å². The largest absolute Gasteiger partial charge is 0.460 e. The number of methoxy groups -OCH3 is 1. The van der Waals surface area contributed by atoms with Crippen molar-refractivity contribution in [2.24, 2.45) is 5.92 Å². The number of hydrogen-bond donors (Lipinski definition) is 1. The summed E-state index contributed by atoms with van der Waals surface area (Å²) in [5, 5.41) is 3.53. The van der Waals surface area contributed by atoms with Gasteiger partial charge in [-0.1, -0.05) is 20.3 Å². The normalized spacial score (nSPS) is 18.3. The third-order valence-corrected chi connectivity index (χ3v) is 3.84. The fourth-order valence-corrected chi connectivity index (χ4v) is 2.45.